The lowest BCUT2D eigenvalue weighted by Gasteiger charge is -2.19. The fraction of sp³-hybridized carbons (Fsp3) is 0.130. The van der Waals surface area contributed by atoms with E-state index in [4.69, 9.17) is 16.3 Å². The quantitative estimate of drug-likeness (QED) is 0.645. The minimum atomic E-state index is -0.767. The molecule has 0 aliphatic rings. The molecule has 1 unspecified atom stereocenters. The van der Waals surface area contributed by atoms with Crippen LogP contribution in [0.1, 0.15) is 28.7 Å². The van der Waals surface area contributed by atoms with Gasteiger partial charge in [0.1, 0.15) is 5.75 Å². The van der Waals surface area contributed by atoms with E-state index in [0.29, 0.717) is 5.02 Å². The first-order chi connectivity index (χ1) is 12.7. The van der Waals surface area contributed by atoms with E-state index < -0.39 is 6.10 Å². The highest BCUT2D eigenvalue weighted by atomic mass is 35.5. The van der Waals surface area contributed by atoms with Crippen molar-refractivity contribution in [2.24, 2.45) is 0 Å². The third-order valence-electron chi connectivity index (χ3n) is 4.15. The van der Waals surface area contributed by atoms with Crippen LogP contribution >= 0.6 is 11.6 Å². The summed E-state index contributed by atoms with van der Waals surface area (Å²) in [5.41, 5.74) is 2.61. The highest BCUT2D eigenvalue weighted by Gasteiger charge is 2.21. The molecule has 3 aromatic carbocycles. The maximum atomic E-state index is 11.0. The molecule has 3 heteroatoms. The summed E-state index contributed by atoms with van der Waals surface area (Å²) in [6.07, 6.45) is -0.767. The largest absolute Gasteiger partial charge is 0.497 e. The smallest absolute Gasteiger partial charge is 0.118 e. The van der Waals surface area contributed by atoms with Crippen molar-refractivity contribution in [2.75, 3.05) is 7.11 Å². The van der Waals surface area contributed by atoms with Crippen molar-refractivity contribution < 1.29 is 9.84 Å². The van der Waals surface area contributed by atoms with Crippen LogP contribution in [-0.2, 0) is 0 Å². The van der Waals surface area contributed by atoms with Gasteiger partial charge >= 0.3 is 0 Å². The lowest BCUT2D eigenvalue weighted by atomic mass is 9.89. The number of hydrogen-bond acceptors (Lipinski definition) is 2. The summed E-state index contributed by atoms with van der Waals surface area (Å²) in [7, 11) is 1.63. The lowest BCUT2D eigenvalue weighted by Crippen LogP contribution is -2.09. The van der Waals surface area contributed by atoms with Gasteiger partial charge in [-0.2, -0.15) is 0 Å². The maximum absolute atomic E-state index is 11.0. The monoisotopic (exact) mass is 362 g/mol. The van der Waals surface area contributed by atoms with E-state index in [9.17, 15) is 5.11 Å². The number of aliphatic hydroxyl groups is 1. The molecule has 0 aliphatic carbocycles. The summed E-state index contributed by atoms with van der Waals surface area (Å²) in [4.78, 5) is 0. The Labute approximate surface area is 159 Å². The molecule has 2 atom stereocenters. The van der Waals surface area contributed by atoms with Crippen LogP contribution in [0.15, 0.2) is 78.9 Å². The van der Waals surface area contributed by atoms with E-state index in [2.05, 4.69) is 11.8 Å². The Morgan fingerprint density at radius 2 is 1.46 bits per heavy atom. The fourth-order valence-electron chi connectivity index (χ4n) is 2.69. The van der Waals surface area contributed by atoms with Crippen LogP contribution in [-0.4, -0.2) is 12.2 Å². The Morgan fingerprint density at radius 3 is 2.08 bits per heavy atom. The number of halogens is 1. The van der Waals surface area contributed by atoms with Crippen molar-refractivity contribution in [3.8, 4) is 17.6 Å². The van der Waals surface area contributed by atoms with Gasteiger partial charge in [0.05, 0.1) is 19.1 Å². The zero-order valence-corrected chi connectivity index (χ0v) is 15.1. The highest BCUT2D eigenvalue weighted by molar-refractivity contribution is 6.30. The Hall–Kier alpha value is -2.73. The number of benzene rings is 3. The first kappa shape index (κ1) is 18.1. The summed E-state index contributed by atoms with van der Waals surface area (Å²) >= 11 is 5.96. The topological polar surface area (TPSA) is 29.5 Å². The van der Waals surface area contributed by atoms with Gasteiger partial charge in [0.15, 0.2) is 0 Å². The van der Waals surface area contributed by atoms with Crippen LogP contribution in [0.25, 0.3) is 0 Å². The molecular weight excluding hydrogens is 344 g/mol. The number of aliphatic hydroxyl groups excluding tert-OH is 1. The second-order valence-electron chi connectivity index (χ2n) is 5.88. The Kier molecular flexibility index (Phi) is 5.96. The maximum Gasteiger partial charge on any atom is 0.118 e. The van der Waals surface area contributed by atoms with Crippen molar-refractivity contribution in [1.29, 1.82) is 0 Å². The number of rotatable bonds is 4. The molecule has 2 nitrogen and oxygen atoms in total. The number of hydrogen-bond donors (Lipinski definition) is 1. The fourth-order valence-corrected chi connectivity index (χ4v) is 2.82. The molecule has 0 radical (unpaired) electrons. The predicted octanol–water partition coefficient (Wildman–Crippen LogP) is 5.22. The Bertz CT molecular complexity index is 891. The molecule has 0 amide bonds. The molecule has 0 heterocycles. The van der Waals surface area contributed by atoms with Gasteiger partial charge in [0, 0.05) is 10.6 Å². The zero-order chi connectivity index (χ0) is 18.4. The molecule has 0 saturated carbocycles. The molecule has 0 fully saturated rings. The minimum Gasteiger partial charge on any atom is -0.497 e. The van der Waals surface area contributed by atoms with Crippen molar-refractivity contribution in [1.82, 2.24) is 0 Å². The van der Waals surface area contributed by atoms with Crippen LogP contribution in [0.2, 0.25) is 5.02 Å². The van der Waals surface area contributed by atoms with E-state index >= 15 is 0 Å². The highest BCUT2D eigenvalue weighted by Crippen LogP contribution is 2.32. The SMILES string of the molecule is COc1ccc(C(C#Cc2ccccc2)[C@@H](O)c2ccc(Cl)cc2)cc1. The normalized spacial score (nSPS) is 12.6. The van der Waals surface area contributed by atoms with Gasteiger partial charge in [0.25, 0.3) is 0 Å². The van der Waals surface area contributed by atoms with Gasteiger partial charge in [0.2, 0.25) is 0 Å². The van der Waals surface area contributed by atoms with Crippen molar-refractivity contribution >= 4 is 11.6 Å². The van der Waals surface area contributed by atoms with Crippen LogP contribution in [0, 0.1) is 11.8 Å². The summed E-state index contributed by atoms with van der Waals surface area (Å²) in [5, 5.41) is 11.6. The van der Waals surface area contributed by atoms with Crippen LogP contribution in [0.3, 0.4) is 0 Å². The summed E-state index contributed by atoms with van der Waals surface area (Å²) in [6, 6.07) is 24.6. The molecule has 0 spiro atoms. The molecule has 1 N–H and O–H groups in total. The molecule has 0 bridgehead atoms. The van der Waals surface area contributed by atoms with E-state index in [0.717, 1.165) is 22.4 Å². The van der Waals surface area contributed by atoms with Gasteiger partial charge in [-0.05, 0) is 47.5 Å². The molecule has 26 heavy (non-hydrogen) atoms. The molecule has 0 aliphatic heterocycles. The molecule has 0 aromatic heterocycles. The summed E-state index contributed by atoms with van der Waals surface area (Å²) in [6.45, 7) is 0. The van der Waals surface area contributed by atoms with Gasteiger partial charge in [-0.1, -0.05) is 65.9 Å². The first-order valence-electron chi connectivity index (χ1n) is 8.31. The molecule has 130 valence electrons. The van der Waals surface area contributed by atoms with Crippen molar-refractivity contribution in [2.45, 2.75) is 12.0 Å². The number of methoxy groups -OCH3 is 1. The standard InChI is InChI=1S/C23H19ClO2/c1-26-21-14-10-18(11-15-21)22(16-7-17-5-3-2-4-6-17)23(25)19-8-12-20(24)13-9-19/h2-6,8-15,22-23,25H,1H3/t22?,23-/m0/s1. The average molecular weight is 363 g/mol. The van der Waals surface area contributed by atoms with Gasteiger partial charge in [-0.15, -0.1) is 0 Å². The molecular formula is C23H19ClO2. The van der Waals surface area contributed by atoms with E-state index in [1.54, 1.807) is 19.2 Å². The number of ether oxygens (including phenoxy) is 1. The van der Waals surface area contributed by atoms with Crippen molar-refractivity contribution in [3.63, 3.8) is 0 Å². The zero-order valence-electron chi connectivity index (χ0n) is 14.4. The lowest BCUT2D eigenvalue weighted by molar-refractivity contribution is 0.165. The minimum absolute atomic E-state index is 0.373. The van der Waals surface area contributed by atoms with Gasteiger partial charge < -0.3 is 9.84 Å². The van der Waals surface area contributed by atoms with E-state index in [1.165, 1.54) is 0 Å². The first-order valence-corrected chi connectivity index (χ1v) is 8.69. The predicted molar refractivity (Wildman–Crippen MR) is 105 cm³/mol. The second kappa shape index (κ2) is 8.58. The second-order valence-corrected chi connectivity index (χ2v) is 6.32. The van der Waals surface area contributed by atoms with Gasteiger partial charge in [-0.25, -0.2) is 0 Å². The van der Waals surface area contributed by atoms with Crippen LogP contribution < -0.4 is 4.74 Å². The Balaban J connectivity index is 1.97. The average Bonchev–Trinajstić information content (AvgIpc) is 2.70. The van der Waals surface area contributed by atoms with Gasteiger partial charge in [-0.3, -0.25) is 0 Å². The molecule has 0 saturated heterocycles. The molecule has 3 aromatic rings. The van der Waals surface area contributed by atoms with Crippen molar-refractivity contribution in [3.05, 3.63) is 101 Å². The van der Waals surface area contributed by atoms with Crippen LogP contribution in [0.5, 0.6) is 5.75 Å². The third-order valence-corrected chi connectivity index (χ3v) is 4.40. The Morgan fingerprint density at radius 1 is 0.846 bits per heavy atom. The molecule has 3 rings (SSSR count). The summed E-state index contributed by atoms with van der Waals surface area (Å²) in [5.74, 6) is 6.79. The summed E-state index contributed by atoms with van der Waals surface area (Å²) < 4.78 is 5.22. The van der Waals surface area contributed by atoms with Crippen LogP contribution in [0.4, 0.5) is 0 Å². The van der Waals surface area contributed by atoms with E-state index in [-0.39, 0.29) is 5.92 Å². The van der Waals surface area contributed by atoms with E-state index in [1.807, 2.05) is 66.7 Å². The third kappa shape index (κ3) is 4.46.